The van der Waals surface area contributed by atoms with Crippen LogP contribution in [0.1, 0.15) is 42.1 Å². The Labute approximate surface area is 141 Å². The van der Waals surface area contributed by atoms with E-state index in [4.69, 9.17) is 5.21 Å². The highest BCUT2D eigenvalue weighted by atomic mass is 16.5. The van der Waals surface area contributed by atoms with Crippen LogP contribution in [0, 0.1) is 0 Å². The van der Waals surface area contributed by atoms with E-state index in [-0.39, 0.29) is 0 Å². The lowest BCUT2D eigenvalue weighted by atomic mass is 10.1. The lowest BCUT2D eigenvalue weighted by Crippen LogP contribution is -2.51. The summed E-state index contributed by atoms with van der Waals surface area (Å²) in [4.78, 5) is 26.0. The van der Waals surface area contributed by atoms with E-state index in [1.54, 1.807) is 12.1 Å². The molecule has 0 unspecified atom stereocenters. The fourth-order valence-corrected chi connectivity index (χ4v) is 2.84. The topological polar surface area (TPSA) is 102 Å². The average Bonchev–Trinajstić information content (AvgIpc) is 2.60. The predicted molar refractivity (Wildman–Crippen MR) is 88.4 cm³/mol. The van der Waals surface area contributed by atoms with Crippen LogP contribution in [0.15, 0.2) is 24.3 Å². The Hall–Kier alpha value is -1.96. The molecule has 1 aromatic rings. The van der Waals surface area contributed by atoms with E-state index >= 15 is 0 Å². The van der Waals surface area contributed by atoms with Gasteiger partial charge in [0.05, 0.1) is 6.10 Å². The van der Waals surface area contributed by atoms with Crippen molar-refractivity contribution in [3.63, 3.8) is 0 Å². The first-order valence-corrected chi connectivity index (χ1v) is 8.25. The van der Waals surface area contributed by atoms with Crippen molar-refractivity contribution in [2.24, 2.45) is 0 Å². The third-order valence-corrected chi connectivity index (χ3v) is 4.23. The van der Waals surface area contributed by atoms with Gasteiger partial charge in [-0.15, -0.1) is 0 Å². The summed E-state index contributed by atoms with van der Waals surface area (Å²) in [5.74, 6) is -1.34. The molecule has 1 aliphatic heterocycles. The number of hydroxylamine groups is 1. The second-order valence-corrected chi connectivity index (χ2v) is 6.20. The molecule has 2 atom stereocenters. The molecule has 2 rings (SSSR count). The minimum absolute atomic E-state index is 0.397. The Morgan fingerprint density at radius 2 is 1.79 bits per heavy atom. The normalized spacial score (nSPS) is 17.8. The molecule has 1 heterocycles. The summed E-state index contributed by atoms with van der Waals surface area (Å²) in [6, 6.07) is 5.98. The van der Waals surface area contributed by atoms with Crippen LogP contribution < -0.4 is 10.8 Å². The zero-order chi connectivity index (χ0) is 17.5. The zero-order valence-corrected chi connectivity index (χ0v) is 13.9. The Kier molecular flexibility index (Phi) is 6.72. The van der Waals surface area contributed by atoms with Crippen LogP contribution in [0.25, 0.3) is 0 Å². The number of hydrogen-bond acceptors (Lipinski definition) is 5. The van der Waals surface area contributed by atoms with Crippen LogP contribution in [-0.2, 0) is 11.3 Å². The molecular formula is C17H25N3O4. The van der Waals surface area contributed by atoms with Crippen molar-refractivity contribution < 1.29 is 19.9 Å². The molecule has 2 amide bonds. The number of nitrogens with one attached hydrogen (secondary N) is 2. The van der Waals surface area contributed by atoms with Gasteiger partial charge in [0.25, 0.3) is 11.8 Å². The van der Waals surface area contributed by atoms with Crippen molar-refractivity contribution in [2.75, 3.05) is 13.1 Å². The van der Waals surface area contributed by atoms with Crippen LogP contribution in [0.4, 0.5) is 0 Å². The predicted octanol–water partition coefficient (Wildman–Crippen LogP) is 0.657. The fraction of sp³-hybridized carbons (Fsp3) is 0.529. The molecule has 0 bridgehead atoms. The van der Waals surface area contributed by atoms with E-state index in [0.717, 1.165) is 25.2 Å². The molecular weight excluding hydrogens is 310 g/mol. The van der Waals surface area contributed by atoms with Gasteiger partial charge < -0.3 is 10.4 Å². The maximum atomic E-state index is 12.2. The number of rotatable bonds is 6. The summed E-state index contributed by atoms with van der Waals surface area (Å²) in [6.07, 6.45) is 2.63. The van der Waals surface area contributed by atoms with E-state index in [9.17, 15) is 14.7 Å². The SMILES string of the molecule is C[C@@H](O)[C@H](NC(=O)c1ccc(CN2CCCCC2)cc1)C(=O)NO. The minimum atomic E-state index is -1.21. The lowest BCUT2D eigenvalue weighted by molar-refractivity contribution is -0.133. The molecule has 1 fully saturated rings. The zero-order valence-electron chi connectivity index (χ0n) is 13.9. The monoisotopic (exact) mass is 335 g/mol. The second kappa shape index (κ2) is 8.77. The largest absolute Gasteiger partial charge is 0.391 e. The molecule has 1 aliphatic rings. The van der Waals surface area contributed by atoms with Crippen molar-refractivity contribution in [1.82, 2.24) is 15.7 Å². The Balaban J connectivity index is 1.96. The van der Waals surface area contributed by atoms with Crippen molar-refractivity contribution in [3.05, 3.63) is 35.4 Å². The van der Waals surface area contributed by atoms with E-state index in [0.29, 0.717) is 5.56 Å². The van der Waals surface area contributed by atoms with Gasteiger partial charge in [-0.3, -0.25) is 19.7 Å². The number of aliphatic hydroxyl groups is 1. The van der Waals surface area contributed by atoms with Crippen LogP contribution in [0.5, 0.6) is 0 Å². The first-order valence-electron chi connectivity index (χ1n) is 8.25. The van der Waals surface area contributed by atoms with Crippen molar-refractivity contribution >= 4 is 11.8 Å². The number of amides is 2. The molecule has 0 aromatic heterocycles. The quantitative estimate of drug-likeness (QED) is 0.452. The smallest absolute Gasteiger partial charge is 0.268 e. The number of hydrogen-bond donors (Lipinski definition) is 4. The Morgan fingerprint density at radius 3 is 2.33 bits per heavy atom. The first kappa shape index (κ1) is 18.4. The van der Waals surface area contributed by atoms with Gasteiger partial charge in [0.15, 0.2) is 0 Å². The molecule has 1 saturated heterocycles. The molecule has 132 valence electrons. The number of piperidine rings is 1. The molecule has 1 aromatic carbocycles. The second-order valence-electron chi connectivity index (χ2n) is 6.20. The van der Waals surface area contributed by atoms with Gasteiger partial charge >= 0.3 is 0 Å². The Bertz CT molecular complexity index is 553. The summed E-state index contributed by atoms with van der Waals surface area (Å²) in [7, 11) is 0. The van der Waals surface area contributed by atoms with Crippen LogP contribution >= 0.6 is 0 Å². The lowest BCUT2D eigenvalue weighted by Gasteiger charge is -2.26. The third kappa shape index (κ3) is 5.02. The van der Waals surface area contributed by atoms with Crippen LogP contribution in [0.3, 0.4) is 0 Å². The number of benzene rings is 1. The number of carbonyl (C=O) groups is 2. The third-order valence-electron chi connectivity index (χ3n) is 4.23. The number of aliphatic hydroxyl groups excluding tert-OH is 1. The molecule has 0 saturated carbocycles. The van der Waals surface area contributed by atoms with Crippen LogP contribution in [0.2, 0.25) is 0 Å². The summed E-state index contributed by atoms with van der Waals surface area (Å²) in [6.45, 7) is 4.44. The van der Waals surface area contributed by atoms with Gasteiger partial charge in [-0.1, -0.05) is 18.6 Å². The summed E-state index contributed by atoms with van der Waals surface area (Å²) in [5, 5.41) is 20.6. The summed E-state index contributed by atoms with van der Waals surface area (Å²) >= 11 is 0. The minimum Gasteiger partial charge on any atom is -0.391 e. The van der Waals surface area contributed by atoms with Gasteiger partial charge in [0, 0.05) is 12.1 Å². The average molecular weight is 335 g/mol. The number of nitrogens with zero attached hydrogens (tertiary/aromatic N) is 1. The Morgan fingerprint density at radius 1 is 1.17 bits per heavy atom. The van der Waals surface area contributed by atoms with Crippen molar-refractivity contribution in [1.29, 1.82) is 0 Å². The molecule has 0 spiro atoms. The van der Waals surface area contributed by atoms with Gasteiger partial charge in [-0.2, -0.15) is 0 Å². The van der Waals surface area contributed by atoms with Gasteiger partial charge in [0.1, 0.15) is 6.04 Å². The van der Waals surface area contributed by atoms with E-state index in [2.05, 4.69) is 10.2 Å². The van der Waals surface area contributed by atoms with Crippen LogP contribution in [-0.4, -0.2) is 52.3 Å². The van der Waals surface area contributed by atoms with E-state index in [1.807, 2.05) is 12.1 Å². The van der Waals surface area contributed by atoms with Crippen molar-refractivity contribution in [3.8, 4) is 0 Å². The van der Waals surface area contributed by atoms with Gasteiger partial charge in [0.2, 0.25) is 0 Å². The fourth-order valence-electron chi connectivity index (χ4n) is 2.84. The highest BCUT2D eigenvalue weighted by Gasteiger charge is 2.25. The maximum Gasteiger partial charge on any atom is 0.268 e. The van der Waals surface area contributed by atoms with Gasteiger partial charge in [-0.05, 0) is 50.6 Å². The molecule has 0 radical (unpaired) electrons. The van der Waals surface area contributed by atoms with Gasteiger partial charge in [-0.25, -0.2) is 5.48 Å². The molecule has 4 N–H and O–H groups in total. The molecule has 7 nitrogen and oxygen atoms in total. The summed E-state index contributed by atoms with van der Waals surface area (Å²) in [5.41, 5.74) is 2.97. The number of likely N-dealkylation sites (tertiary alicyclic amines) is 1. The van der Waals surface area contributed by atoms with E-state index < -0.39 is 24.0 Å². The highest BCUT2D eigenvalue weighted by molar-refractivity contribution is 5.97. The molecule has 24 heavy (non-hydrogen) atoms. The summed E-state index contributed by atoms with van der Waals surface area (Å²) < 4.78 is 0. The van der Waals surface area contributed by atoms with Crippen molar-refractivity contribution in [2.45, 2.75) is 44.9 Å². The number of carbonyl (C=O) groups excluding carboxylic acids is 2. The first-order chi connectivity index (χ1) is 11.5. The maximum absolute atomic E-state index is 12.2. The van der Waals surface area contributed by atoms with E-state index in [1.165, 1.54) is 31.7 Å². The highest BCUT2D eigenvalue weighted by Crippen LogP contribution is 2.13. The standard InChI is InChI=1S/C17H25N3O4/c1-12(21)15(17(23)19-24)18-16(22)14-7-5-13(6-8-14)11-20-9-3-2-4-10-20/h5-8,12,15,21,24H,2-4,9-11H2,1H3,(H,18,22)(H,19,23)/t12-,15+/m1/s1. The molecule has 0 aliphatic carbocycles. The molecule has 7 heteroatoms.